The van der Waals surface area contributed by atoms with Crippen molar-refractivity contribution >= 4 is 12.1 Å². The summed E-state index contributed by atoms with van der Waals surface area (Å²) in [5.74, 6) is 2.08. The molecule has 2 aliphatic rings. The first-order chi connectivity index (χ1) is 12.8. The van der Waals surface area contributed by atoms with Gasteiger partial charge in [-0.2, -0.15) is 0 Å². The van der Waals surface area contributed by atoms with Crippen molar-refractivity contribution in [1.29, 1.82) is 0 Å². The summed E-state index contributed by atoms with van der Waals surface area (Å²) < 4.78 is 11.2. The van der Waals surface area contributed by atoms with E-state index in [1.807, 2.05) is 32.7 Å². The van der Waals surface area contributed by atoms with Crippen LogP contribution >= 0.6 is 0 Å². The lowest BCUT2D eigenvalue weighted by atomic mass is 9.98. The number of guanidine groups is 1. The van der Waals surface area contributed by atoms with Crippen LogP contribution in [-0.4, -0.2) is 80.9 Å². The van der Waals surface area contributed by atoms with E-state index < -0.39 is 5.60 Å². The van der Waals surface area contributed by atoms with E-state index >= 15 is 0 Å². The molecule has 1 amide bonds. The molecule has 7 nitrogen and oxygen atoms in total. The summed E-state index contributed by atoms with van der Waals surface area (Å²) in [5, 5.41) is 3.45. The zero-order valence-corrected chi connectivity index (χ0v) is 17.8. The molecule has 1 aliphatic heterocycles. The smallest absolute Gasteiger partial charge is 0.410 e. The Bertz CT molecular complexity index is 500. The number of carbonyl (C=O) groups excluding carboxylic acids is 1. The summed E-state index contributed by atoms with van der Waals surface area (Å²) in [4.78, 5) is 20.6. The monoisotopic (exact) mass is 382 g/mol. The van der Waals surface area contributed by atoms with E-state index in [1.165, 1.54) is 12.8 Å². The van der Waals surface area contributed by atoms with Crippen molar-refractivity contribution in [2.24, 2.45) is 16.8 Å². The molecule has 156 valence electrons. The van der Waals surface area contributed by atoms with Gasteiger partial charge in [0.05, 0.1) is 6.61 Å². The van der Waals surface area contributed by atoms with Crippen LogP contribution in [0.2, 0.25) is 0 Å². The molecule has 1 N–H and O–H groups in total. The summed E-state index contributed by atoms with van der Waals surface area (Å²) in [6, 6.07) is 0. The Balaban J connectivity index is 1.70. The van der Waals surface area contributed by atoms with Crippen molar-refractivity contribution in [2.45, 2.75) is 52.1 Å². The van der Waals surface area contributed by atoms with Crippen LogP contribution in [0, 0.1) is 11.8 Å². The van der Waals surface area contributed by atoms with E-state index in [4.69, 9.17) is 9.47 Å². The fraction of sp³-hybridized carbons (Fsp3) is 0.900. The van der Waals surface area contributed by atoms with Gasteiger partial charge in [0.2, 0.25) is 0 Å². The fourth-order valence-corrected chi connectivity index (χ4v) is 3.19. The highest BCUT2D eigenvalue weighted by molar-refractivity contribution is 5.79. The van der Waals surface area contributed by atoms with Gasteiger partial charge in [0, 0.05) is 46.9 Å². The third kappa shape index (κ3) is 8.37. The van der Waals surface area contributed by atoms with Gasteiger partial charge in [-0.15, -0.1) is 0 Å². The SMILES string of the molecule is CN=C(NCC1CCCN(C(=O)OC(C)(C)C)C1)N(C)CCOCC1CC1. The number of aliphatic imine (C=N–C) groups is 1. The molecular weight excluding hydrogens is 344 g/mol. The third-order valence-electron chi connectivity index (χ3n) is 4.91. The lowest BCUT2D eigenvalue weighted by Gasteiger charge is -2.34. The molecule has 27 heavy (non-hydrogen) atoms. The average Bonchev–Trinajstić information content (AvgIpc) is 3.42. The number of piperidine rings is 1. The summed E-state index contributed by atoms with van der Waals surface area (Å²) in [7, 11) is 3.83. The van der Waals surface area contributed by atoms with Gasteiger partial charge in [0.1, 0.15) is 5.60 Å². The van der Waals surface area contributed by atoms with Crippen molar-refractivity contribution in [1.82, 2.24) is 15.1 Å². The second kappa shape index (κ2) is 10.2. The number of likely N-dealkylation sites (N-methyl/N-ethyl adjacent to an activating group) is 1. The number of hydrogen-bond acceptors (Lipinski definition) is 4. The van der Waals surface area contributed by atoms with E-state index in [-0.39, 0.29) is 6.09 Å². The Morgan fingerprint density at radius 1 is 1.26 bits per heavy atom. The molecule has 1 aliphatic carbocycles. The summed E-state index contributed by atoms with van der Waals surface area (Å²) in [5.41, 5.74) is -0.450. The predicted molar refractivity (Wildman–Crippen MR) is 108 cm³/mol. The zero-order valence-electron chi connectivity index (χ0n) is 17.8. The van der Waals surface area contributed by atoms with Gasteiger partial charge in [-0.1, -0.05) is 0 Å². The standard InChI is InChI=1S/C20H38N4O3/c1-20(2,3)27-19(25)24-10-6-7-17(14-24)13-22-18(21-4)23(5)11-12-26-15-16-8-9-16/h16-17H,6-15H2,1-5H3,(H,21,22). The minimum absolute atomic E-state index is 0.207. The summed E-state index contributed by atoms with van der Waals surface area (Å²) in [6.45, 7) is 10.5. The second-order valence-corrected chi connectivity index (χ2v) is 8.80. The lowest BCUT2D eigenvalue weighted by Crippen LogP contribution is -2.47. The minimum atomic E-state index is -0.450. The molecule has 1 unspecified atom stereocenters. The number of nitrogens with one attached hydrogen (secondary N) is 1. The Morgan fingerprint density at radius 2 is 2.00 bits per heavy atom. The van der Waals surface area contributed by atoms with Gasteiger partial charge in [-0.25, -0.2) is 4.79 Å². The summed E-state index contributed by atoms with van der Waals surface area (Å²) in [6.07, 6.45) is 4.55. The van der Waals surface area contributed by atoms with Gasteiger partial charge >= 0.3 is 6.09 Å². The molecule has 0 aromatic heterocycles. The van der Waals surface area contributed by atoms with Crippen LogP contribution in [0.15, 0.2) is 4.99 Å². The molecule has 0 spiro atoms. The number of amides is 1. The quantitative estimate of drug-likeness (QED) is 0.416. The molecule has 1 saturated heterocycles. The maximum Gasteiger partial charge on any atom is 0.410 e. The van der Waals surface area contributed by atoms with Crippen LogP contribution in [0.25, 0.3) is 0 Å². The van der Waals surface area contributed by atoms with Crippen molar-refractivity contribution in [2.75, 3.05) is 53.5 Å². The van der Waals surface area contributed by atoms with Crippen LogP contribution in [0.3, 0.4) is 0 Å². The highest BCUT2D eigenvalue weighted by atomic mass is 16.6. The Labute approximate surface area is 164 Å². The number of hydrogen-bond donors (Lipinski definition) is 1. The van der Waals surface area contributed by atoms with E-state index in [0.717, 1.165) is 64.1 Å². The molecule has 0 radical (unpaired) electrons. The summed E-state index contributed by atoms with van der Waals surface area (Å²) >= 11 is 0. The molecule has 1 heterocycles. The first-order valence-electron chi connectivity index (χ1n) is 10.3. The van der Waals surface area contributed by atoms with E-state index in [9.17, 15) is 4.79 Å². The minimum Gasteiger partial charge on any atom is -0.444 e. The molecule has 0 aromatic carbocycles. The van der Waals surface area contributed by atoms with Crippen LogP contribution in [0.1, 0.15) is 46.5 Å². The first-order valence-corrected chi connectivity index (χ1v) is 10.3. The third-order valence-corrected chi connectivity index (χ3v) is 4.91. The Hall–Kier alpha value is -1.50. The van der Waals surface area contributed by atoms with Gasteiger partial charge < -0.3 is 24.6 Å². The number of rotatable bonds is 7. The normalized spacial score (nSPS) is 21.1. The van der Waals surface area contributed by atoms with Crippen molar-refractivity contribution in [3.05, 3.63) is 0 Å². The van der Waals surface area contributed by atoms with Crippen LogP contribution < -0.4 is 5.32 Å². The van der Waals surface area contributed by atoms with Crippen LogP contribution in [0.5, 0.6) is 0 Å². The predicted octanol–water partition coefficient (Wildman–Crippen LogP) is 2.57. The number of nitrogens with zero attached hydrogens (tertiary/aromatic N) is 3. The Morgan fingerprint density at radius 3 is 2.63 bits per heavy atom. The molecule has 2 fully saturated rings. The molecule has 2 rings (SSSR count). The maximum absolute atomic E-state index is 12.3. The lowest BCUT2D eigenvalue weighted by molar-refractivity contribution is 0.0168. The van der Waals surface area contributed by atoms with Gasteiger partial charge in [0.25, 0.3) is 0 Å². The zero-order chi connectivity index (χ0) is 19.9. The topological polar surface area (TPSA) is 66.4 Å². The molecule has 1 atom stereocenters. The molecular formula is C20H38N4O3. The van der Waals surface area contributed by atoms with Crippen LogP contribution in [0.4, 0.5) is 4.79 Å². The van der Waals surface area contributed by atoms with E-state index in [0.29, 0.717) is 5.92 Å². The van der Waals surface area contributed by atoms with Crippen molar-refractivity contribution < 1.29 is 14.3 Å². The van der Waals surface area contributed by atoms with Gasteiger partial charge in [-0.3, -0.25) is 4.99 Å². The van der Waals surface area contributed by atoms with Crippen molar-refractivity contribution in [3.63, 3.8) is 0 Å². The van der Waals surface area contributed by atoms with E-state index in [2.05, 4.69) is 15.2 Å². The number of ether oxygens (including phenoxy) is 2. The average molecular weight is 383 g/mol. The molecule has 1 saturated carbocycles. The second-order valence-electron chi connectivity index (χ2n) is 8.80. The van der Waals surface area contributed by atoms with Crippen molar-refractivity contribution in [3.8, 4) is 0 Å². The first kappa shape index (κ1) is 21.8. The molecule has 0 bridgehead atoms. The fourth-order valence-electron chi connectivity index (χ4n) is 3.19. The van der Waals surface area contributed by atoms with Gasteiger partial charge in [0.15, 0.2) is 5.96 Å². The highest BCUT2D eigenvalue weighted by Gasteiger charge is 2.27. The van der Waals surface area contributed by atoms with Crippen LogP contribution in [-0.2, 0) is 9.47 Å². The van der Waals surface area contributed by atoms with Gasteiger partial charge in [-0.05, 0) is 58.3 Å². The molecule has 7 heteroatoms. The largest absolute Gasteiger partial charge is 0.444 e. The molecule has 0 aromatic rings. The van der Waals surface area contributed by atoms with E-state index in [1.54, 1.807) is 7.05 Å². The Kier molecular flexibility index (Phi) is 8.20. The number of likely N-dealkylation sites (tertiary alicyclic amines) is 1. The number of carbonyl (C=O) groups is 1. The maximum atomic E-state index is 12.3. The highest BCUT2D eigenvalue weighted by Crippen LogP contribution is 2.28.